The van der Waals surface area contributed by atoms with Gasteiger partial charge in [-0.25, -0.2) is 0 Å². The number of nitrogens with zero attached hydrogens (tertiary/aromatic N) is 1. The highest BCUT2D eigenvalue weighted by molar-refractivity contribution is 5.82. The lowest BCUT2D eigenvalue weighted by Crippen LogP contribution is -2.42. The van der Waals surface area contributed by atoms with Crippen LogP contribution < -0.4 is 5.32 Å². The van der Waals surface area contributed by atoms with Crippen molar-refractivity contribution in [2.24, 2.45) is 0 Å². The van der Waals surface area contributed by atoms with E-state index >= 15 is 0 Å². The molecule has 1 N–H and O–H groups in total. The van der Waals surface area contributed by atoms with Crippen LogP contribution in [-0.2, 0) is 17.9 Å². The fourth-order valence-corrected chi connectivity index (χ4v) is 3.91. The molecular weight excluding hydrogens is 308 g/mol. The minimum Gasteiger partial charge on any atom is -0.351 e. The molecule has 2 aromatic rings. The number of hydrogen-bond donors (Lipinski definition) is 1. The molecule has 0 bridgehead atoms. The molecule has 0 aromatic heterocycles. The Bertz CT molecular complexity index is 716. The molecule has 0 unspecified atom stereocenters. The van der Waals surface area contributed by atoms with E-state index in [1.54, 1.807) is 0 Å². The van der Waals surface area contributed by atoms with Crippen LogP contribution in [0.2, 0.25) is 0 Å². The third kappa shape index (κ3) is 4.29. The van der Waals surface area contributed by atoms with Gasteiger partial charge in [0.25, 0.3) is 0 Å². The van der Waals surface area contributed by atoms with Crippen LogP contribution in [0.25, 0.3) is 0 Å². The average Bonchev–Trinajstić information content (AvgIpc) is 3.03. The number of likely N-dealkylation sites (tertiary alicyclic amines) is 1. The van der Waals surface area contributed by atoms with Crippen LogP contribution in [0.3, 0.4) is 0 Å². The Labute approximate surface area is 151 Å². The Morgan fingerprint density at radius 3 is 2.48 bits per heavy atom. The predicted octanol–water partition coefficient (Wildman–Crippen LogP) is 3.89. The van der Waals surface area contributed by atoms with Crippen molar-refractivity contribution in [3.05, 3.63) is 70.3 Å². The molecule has 25 heavy (non-hydrogen) atoms. The van der Waals surface area contributed by atoms with E-state index in [0.717, 1.165) is 25.9 Å². The van der Waals surface area contributed by atoms with Crippen molar-refractivity contribution in [1.29, 1.82) is 0 Å². The first-order valence-corrected chi connectivity index (χ1v) is 9.17. The summed E-state index contributed by atoms with van der Waals surface area (Å²) in [5, 5.41) is 3.18. The second kappa shape index (κ2) is 7.83. The van der Waals surface area contributed by atoms with Crippen molar-refractivity contribution >= 4 is 5.91 Å². The summed E-state index contributed by atoms with van der Waals surface area (Å²) >= 11 is 0. The molecule has 1 aliphatic rings. The molecular formula is C22H28N2O. The molecule has 3 rings (SSSR count). The Morgan fingerprint density at radius 1 is 1.12 bits per heavy atom. The van der Waals surface area contributed by atoms with Gasteiger partial charge < -0.3 is 5.32 Å². The Balaban J connectivity index is 1.62. The van der Waals surface area contributed by atoms with Crippen LogP contribution in [0.5, 0.6) is 0 Å². The summed E-state index contributed by atoms with van der Waals surface area (Å²) in [6, 6.07) is 14.8. The largest absolute Gasteiger partial charge is 0.351 e. The highest BCUT2D eigenvalue weighted by Gasteiger charge is 2.30. The number of carbonyl (C=O) groups is 1. The molecule has 3 nitrogen and oxygen atoms in total. The number of benzene rings is 2. The fourth-order valence-electron chi connectivity index (χ4n) is 3.91. The summed E-state index contributed by atoms with van der Waals surface area (Å²) in [6.45, 7) is 8.82. The number of rotatable bonds is 5. The van der Waals surface area contributed by atoms with Gasteiger partial charge in [0.05, 0.1) is 6.04 Å². The minimum absolute atomic E-state index is 0.00809. The number of amides is 1. The molecule has 1 atom stereocenters. The average molecular weight is 336 g/mol. The van der Waals surface area contributed by atoms with Gasteiger partial charge in [-0.2, -0.15) is 0 Å². The molecule has 0 saturated carbocycles. The van der Waals surface area contributed by atoms with Crippen LogP contribution >= 0.6 is 0 Å². The van der Waals surface area contributed by atoms with Gasteiger partial charge in [0.2, 0.25) is 5.91 Å². The summed E-state index contributed by atoms with van der Waals surface area (Å²) < 4.78 is 0. The van der Waals surface area contributed by atoms with Gasteiger partial charge in [-0.05, 0) is 62.4 Å². The van der Waals surface area contributed by atoms with Gasteiger partial charge in [-0.3, -0.25) is 9.69 Å². The fraction of sp³-hybridized carbons (Fsp3) is 0.409. The molecule has 0 aliphatic carbocycles. The third-order valence-electron chi connectivity index (χ3n) is 5.17. The molecule has 1 heterocycles. The van der Waals surface area contributed by atoms with Crippen molar-refractivity contribution < 1.29 is 4.79 Å². The van der Waals surface area contributed by atoms with Crippen molar-refractivity contribution in [1.82, 2.24) is 10.2 Å². The minimum atomic E-state index is -0.00809. The van der Waals surface area contributed by atoms with Crippen molar-refractivity contribution in [3.63, 3.8) is 0 Å². The molecule has 0 radical (unpaired) electrons. The monoisotopic (exact) mass is 336 g/mol. The van der Waals surface area contributed by atoms with E-state index in [1.165, 1.54) is 27.8 Å². The quantitative estimate of drug-likeness (QED) is 0.898. The lowest BCUT2D eigenvalue weighted by molar-refractivity contribution is -0.125. The lowest BCUT2D eigenvalue weighted by Gasteiger charge is -2.24. The molecule has 1 amide bonds. The summed E-state index contributed by atoms with van der Waals surface area (Å²) in [6.07, 6.45) is 2.04. The molecule has 0 spiro atoms. The first-order chi connectivity index (χ1) is 12.0. The predicted molar refractivity (Wildman–Crippen MR) is 102 cm³/mol. The van der Waals surface area contributed by atoms with Gasteiger partial charge in [0.1, 0.15) is 0 Å². The van der Waals surface area contributed by atoms with Crippen molar-refractivity contribution in [2.45, 2.75) is 52.7 Å². The van der Waals surface area contributed by atoms with E-state index < -0.39 is 0 Å². The van der Waals surface area contributed by atoms with Crippen LogP contribution in [0.4, 0.5) is 0 Å². The summed E-state index contributed by atoms with van der Waals surface area (Å²) in [7, 11) is 0. The van der Waals surface area contributed by atoms with E-state index in [1.807, 2.05) is 6.07 Å². The second-order valence-electron chi connectivity index (χ2n) is 7.21. The van der Waals surface area contributed by atoms with Gasteiger partial charge in [0, 0.05) is 13.1 Å². The molecule has 1 aliphatic heterocycles. The summed E-state index contributed by atoms with van der Waals surface area (Å²) in [5.41, 5.74) is 6.30. The Morgan fingerprint density at radius 2 is 1.80 bits per heavy atom. The van der Waals surface area contributed by atoms with E-state index in [9.17, 15) is 4.79 Å². The summed E-state index contributed by atoms with van der Waals surface area (Å²) in [4.78, 5) is 15.1. The molecule has 2 aromatic carbocycles. The van der Waals surface area contributed by atoms with Crippen LogP contribution in [0.1, 0.15) is 40.7 Å². The maximum Gasteiger partial charge on any atom is 0.237 e. The third-order valence-corrected chi connectivity index (χ3v) is 5.17. The lowest BCUT2D eigenvalue weighted by atomic mass is 10.00. The zero-order chi connectivity index (χ0) is 17.8. The van der Waals surface area contributed by atoms with Crippen molar-refractivity contribution in [2.75, 3.05) is 6.54 Å². The van der Waals surface area contributed by atoms with E-state index in [4.69, 9.17) is 0 Å². The van der Waals surface area contributed by atoms with Crippen LogP contribution in [0, 0.1) is 20.8 Å². The molecule has 1 fully saturated rings. The smallest absolute Gasteiger partial charge is 0.237 e. The molecule has 1 saturated heterocycles. The number of carbonyl (C=O) groups excluding carboxylic acids is 1. The van der Waals surface area contributed by atoms with Gasteiger partial charge in [-0.1, -0.05) is 48.0 Å². The normalized spacial score (nSPS) is 17.6. The Hall–Kier alpha value is -2.13. The molecule has 3 heteroatoms. The SMILES string of the molecule is Cc1cc(C)c(CNC(=O)[C@H]2CCCN2Cc2ccccc2)c(C)c1. The highest BCUT2D eigenvalue weighted by Crippen LogP contribution is 2.21. The number of aryl methyl sites for hydroxylation is 3. The van der Waals surface area contributed by atoms with Gasteiger partial charge >= 0.3 is 0 Å². The van der Waals surface area contributed by atoms with E-state index in [2.05, 4.69) is 67.4 Å². The van der Waals surface area contributed by atoms with Crippen LogP contribution in [0.15, 0.2) is 42.5 Å². The van der Waals surface area contributed by atoms with E-state index in [-0.39, 0.29) is 11.9 Å². The first-order valence-electron chi connectivity index (χ1n) is 9.17. The molecule has 132 valence electrons. The topological polar surface area (TPSA) is 32.3 Å². The first kappa shape index (κ1) is 17.7. The maximum atomic E-state index is 12.8. The van der Waals surface area contributed by atoms with Gasteiger partial charge in [-0.15, -0.1) is 0 Å². The Kier molecular flexibility index (Phi) is 5.54. The number of hydrogen-bond acceptors (Lipinski definition) is 2. The zero-order valence-corrected chi connectivity index (χ0v) is 15.5. The highest BCUT2D eigenvalue weighted by atomic mass is 16.2. The number of nitrogens with one attached hydrogen (secondary N) is 1. The zero-order valence-electron chi connectivity index (χ0n) is 15.5. The van der Waals surface area contributed by atoms with Crippen molar-refractivity contribution in [3.8, 4) is 0 Å². The standard InChI is InChI=1S/C22H28N2O/c1-16-12-17(2)20(18(3)13-16)14-23-22(25)21-10-7-11-24(21)15-19-8-5-4-6-9-19/h4-6,8-9,12-13,21H,7,10-11,14-15H2,1-3H3,(H,23,25)/t21-/m1/s1. The van der Waals surface area contributed by atoms with Crippen LogP contribution in [-0.4, -0.2) is 23.4 Å². The van der Waals surface area contributed by atoms with E-state index in [0.29, 0.717) is 6.54 Å². The summed E-state index contributed by atoms with van der Waals surface area (Å²) in [5.74, 6) is 0.160. The maximum absolute atomic E-state index is 12.8. The van der Waals surface area contributed by atoms with Gasteiger partial charge in [0.15, 0.2) is 0 Å². The second-order valence-corrected chi connectivity index (χ2v) is 7.21.